The molecule has 1 aromatic heterocycles. The first kappa shape index (κ1) is 19.6. The van der Waals surface area contributed by atoms with Gasteiger partial charge in [0.25, 0.3) is 5.91 Å². The highest BCUT2D eigenvalue weighted by atomic mass is 35.5. The summed E-state index contributed by atoms with van der Waals surface area (Å²) in [6, 6.07) is 7.98. The van der Waals surface area contributed by atoms with E-state index in [2.05, 4.69) is 4.98 Å². The van der Waals surface area contributed by atoms with Gasteiger partial charge in [-0.15, -0.1) is 0 Å². The minimum absolute atomic E-state index is 0.0605. The van der Waals surface area contributed by atoms with Crippen molar-refractivity contribution in [2.24, 2.45) is 0 Å². The molecule has 1 saturated heterocycles. The van der Waals surface area contributed by atoms with Gasteiger partial charge in [-0.05, 0) is 25.5 Å². The fourth-order valence-electron chi connectivity index (χ4n) is 3.13. The number of pyridine rings is 1. The second kappa shape index (κ2) is 7.44. The van der Waals surface area contributed by atoms with Gasteiger partial charge in [-0.1, -0.05) is 29.8 Å². The predicted octanol–water partition coefficient (Wildman–Crippen LogP) is 2.08. The maximum absolute atomic E-state index is 12.6. The van der Waals surface area contributed by atoms with Crippen molar-refractivity contribution < 1.29 is 22.7 Å². The molecule has 0 N–H and O–H groups in total. The molecule has 1 aliphatic heterocycles. The van der Waals surface area contributed by atoms with Crippen LogP contribution >= 0.6 is 11.6 Å². The molecule has 7 nitrogen and oxygen atoms in total. The minimum Gasteiger partial charge on any atom is -0.449 e. The minimum atomic E-state index is -3.12. The molecule has 3 rings (SSSR count). The highest BCUT2D eigenvalue weighted by Crippen LogP contribution is 2.23. The molecule has 0 bridgehead atoms. The summed E-state index contributed by atoms with van der Waals surface area (Å²) in [7, 11) is -1.59. The van der Waals surface area contributed by atoms with Gasteiger partial charge in [0, 0.05) is 18.5 Å². The van der Waals surface area contributed by atoms with E-state index in [1.165, 1.54) is 24.9 Å². The Bertz CT molecular complexity index is 1010. The van der Waals surface area contributed by atoms with E-state index in [0.717, 1.165) is 0 Å². The summed E-state index contributed by atoms with van der Waals surface area (Å²) in [5.74, 6) is -1.15. The Morgan fingerprint density at radius 2 is 2.04 bits per heavy atom. The molecule has 0 saturated carbocycles. The molecule has 0 spiro atoms. The van der Waals surface area contributed by atoms with E-state index in [9.17, 15) is 18.0 Å². The summed E-state index contributed by atoms with van der Waals surface area (Å²) in [5, 5.41) is 0.717. The van der Waals surface area contributed by atoms with Crippen molar-refractivity contribution in [3.63, 3.8) is 0 Å². The van der Waals surface area contributed by atoms with Crippen molar-refractivity contribution in [2.45, 2.75) is 25.5 Å². The van der Waals surface area contributed by atoms with Crippen molar-refractivity contribution >= 4 is 44.2 Å². The van der Waals surface area contributed by atoms with Crippen LogP contribution in [-0.2, 0) is 19.4 Å². The van der Waals surface area contributed by atoms with Crippen LogP contribution in [0.2, 0.25) is 5.15 Å². The quantitative estimate of drug-likeness (QED) is 0.565. The number of benzene rings is 1. The van der Waals surface area contributed by atoms with Crippen LogP contribution in [0.1, 0.15) is 23.7 Å². The lowest BCUT2D eigenvalue weighted by Crippen LogP contribution is -2.44. The smallest absolute Gasteiger partial charge is 0.339 e. The zero-order chi connectivity index (χ0) is 19.8. The lowest BCUT2D eigenvalue weighted by atomic mass is 10.1. The number of fused-ring (bicyclic) bond motifs is 1. The normalized spacial score (nSPS) is 19.6. The first-order valence-electron chi connectivity index (χ1n) is 8.41. The van der Waals surface area contributed by atoms with Crippen LogP contribution in [0, 0.1) is 0 Å². The molecule has 9 heteroatoms. The van der Waals surface area contributed by atoms with Gasteiger partial charge in [0.15, 0.2) is 15.9 Å². The largest absolute Gasteiger partial charge is 0.449 e. The second-order valence-corrected chi connectivity index (χ2v) is 9.18. The summed E-state index contributed by atoms with van der Waals surface area (Å²) in [4.78, 5) is 30.7. The topological polar surface area (TPSA) is 93.6 Å². The number of likely N-dealkylation sites (N-methyl/N-ethyl adjacent to an activating group) is 1. The average Bonchev–Trinajstić information content (AvgIpc) is 2.99. The van der Waals surface area contributed by atoms with E-state index in [0.29, 0.717) is 17.3 Å². The Morgan fingerprint density at radius 1 is 1.33 bits per heavy atom. The molecule has 2 aromatic rings. The van der Waals surface area contributed by atoms with E-state index >= 15 is 0 Å². The van der Waals surface area contributed by atoms with Gasteiger partial charge < -0.3 is 9.64 Å². The van der Waals surface area contributed by atoms with Gasteiger partial charge in [-0.3, -0.25) is 4.79 Å². The molecule has 1 aliphatic rings. The summed E-state index contributed by atoms with van der Waals surface area (Å²) >= 11 is 5.98. The standard InChI is InChI=1S/C18H19ClN2O5S/c1-11(17(22)21(2)12-7-8-27(24,25)10-12)26-18(23)14-9-16(19)20-15-6-4-3-5-13(14)15/h3-6,9,11-12H,7-8,10H2,1-2H3/t11-,12-/m1/s1. The Hall–Kier alpha value is -2.19. The lowest BCUT2D eigenvalue weighted by Gasteiger charge is -2.26. The number of hydrogen-bond donors (Lipinski definition) is 0. The fourth-order valence-corrected chi connectivity index (χ4v) is 5.11. The Morgan fingerprint density at radius 3 is 2.70 bits per heavy atom. The fraction of sp³-hybridized carbons (Fsp3) is 0.389. The van der Waals surface area contributed by atoms with Crippen molar-refractivity contribution in [1.82, 2.24) is 9.88 Å². The monoisotopic (exact) mass is 410 g/mol. The van der Waals surface area contributed by atoms with Crippen LogP contribution in [0.3, 0.4) is 0 Å². The molecule has 1 amide bonds. The van der Waals surface area contributed by atoms with Crippen LogP contribution in [0.15, 0.2) is 30.3 Å². The average molecular weight is 411 g/mol. The number of carbonyl (C=O) groups is 2. The third-order valence-electron chi connectivity index (χ3n) is 4.64. The van der Waals surface area contributed by atoms with Crippen LogP contribution in [-0.4, -0.2) is 60.9 Å². The molecule has 0 radical (unpaired) electrons. The maximum atomic E-state index is 12.6. The number of halogens is 1. The number of esters is 1. The van der Waals surface area contributed by atoms with Crippen molar-refractivity contribution in [2.75, 3.05) is 18.6 Å². The number of para-hydroxylation sites is 1. The maximum Gasteiger partial charge on any atom is 0.339 e. The zero-order valence-corrected chi connectivity index (χ0v) is 16.5. The van der Waals surface area contributed by atoms with Crippen molar-refractivity contribution in [3.8, 4) is 0 Å². The lowest BCUT2D eigenvalue weighted by molar-refractivity contribution is -0.140. The number of nitrogens with zero attached hydrogens (tertiary/aromatic N) is 2. The number of aromatic nitrogens is 1. The van der Waals surface area contributed by atoms with E-state index in [4.69, 9.17) is 16.3 Å². The molecule has 27 heavy (non-hydrogen) atoms. The summed E-state index contributed by atoms with van der Waals surface area (Å²) in [6.45, 7) is 1.46. The molecule has 1 fully saturated rings. The molecular weight excluding hydrogens is 392 g/mol. The van der Waals surface area contributed by atoms with Gasteiger partial charge in [0.05, 0.1) is 22.6 Å². The molecule has 2 heterocycles. The van der Waals surface area contributed by atoms with Gasteiger partial charge in [0.1, 0.15) is 5.15 Å². The molecule has 2 atom stereocenters. The van der Waals surface area contributed by atoms with Crippen LogP contribution in [0.5, 0.6) is 0 Å². The van der Waals surface area contributed by atoms with Crippen LogP contribution in [0.4, 0.5) is 0 Å². The number of hydrogen-bond acceptors (Lipinski definition) is 6. The van der Waals surface area contributed by atoms with Gasteiger partial charge in [-0.2, -0.15) is 0 Å². The number of rotatable bonds is 4. The van der Waals surface area contributed by atoms with Crippen molar-refractivity contribution in [1.29, 1.82) is 0 Å². The van der Waals surface area contributed by atoms with Gasteiger partial charge in [-0.25, -0.2) is 18.2 Å². The molecule has 1 aromatic carbocycles. The molecular formula is C18H19ClN2O5S. The van der Waals surface area contributed by atoms with Gasteiger partial charge >= 0.3 is 5.97 Å². The Kier molecular flexibility index (Phi) is 5.39. The number of ether oxygens (including phenoxy) is 1. The SMILES string of the molecule is C[C@@H](OC(=O)c1cc(Cl)nc2ccccc12)C(=O)N(C)[C@@H]1CCS(=O)(=O)C1. The van der Waals surface area contributed by atoms with Crippen LogP contribution < -0.4 is 0 Å². The van der Waals surface area contributed by atoms with E-state index in [1.54, 1.807) is 24.3 Å². The third kappa shape index (κ3) is 4.22. The summed E-state index contributed by atoms with van der Waals surface area (Å²) < 4.78 is 28.6. The highest BCUT2D eigenvalue weighted by molar-refractivity contribution is 7.91. The van der Waals surface area contributed by atoms with Crippen LogP contribution in [0.25, 0.3) is 10.9 Å². The highest BCUT2D eigenvalue weighted by Gasteiger charge is 2.35. The van der Waals surface area contributed by atoms with Gasteiger partial charge in [0.2, 0.25) is 0 Å². The molecule has 0 aliphatic carbocycles. The Labute approximate surface area is 162 Å². The van der Waals surface area contributed by atoms with E-state index in [1.807, 2.05) is 0 Å². The second-order valence-electron chi connectivity index (χ2n) is 6.56. The van der Waals surface area contributed by atoms with E-state index < -0.39 is 33.9 Å². The molecule has 0 unspecified atom stereocenters. The number of amides is 1. The first-order valence-corrected chi connectivity index (χ1v) is 10.6. The predicted molar refractivity (Wildman–Crippen MR) is 101 cm³/mol. The Balaban J connectivity index is 1.75. The first-order chi connectivity index (χ1) is 12.7. The third-order valence-corrected chi connectivity index (χ3v) is 6.58. The van der Waals surface area contributed by atoms with Crippen molar-refractivity contribution in [3.05, 3.63) is 41.0 Å². The number of carbonyl (C=O) groups excluding carboxylic acids is 2. The summed E-state index contributed by atoms with van der Waals surface area (Å²) in [5.41, 5.74) is 0.764. The number of sulfone groups is 1. The van der Waals surface area contributed by atoms with E-state index in [-0.39, 0.29) is 22.2 Å². The summed E-state index contributed by atoms with van der Waals surface area (Å²) in [6.07, 6.45) is -0.674. The zero-order valence-electron chi connectivity index (χ0n) is 14.9. The molecule has 144 valence electrons.